The summed E-state index contributed by atoms with van der Waals surface area (Å²) in [6.45, 7) is 14.4. The molecule has 30 heavy (non-hydrogen) atoms. The number of carbonyl (C=O) groups is 4. The van der Waals surface area contributed by atoms with Crippen molar-refractivity contribution in [2.24, 2.45) is 0 Å². The average molecular weight is 436 g/mol. The van der Waals surface area contributed by atoms with Gasteiger partial charge in [0, 0.05) is 28.1 Å². The molecule has 0 aromatic heterocycles. The lowest BCUT2D eigenvalue weighted by molar-refractivity contribution is -0.117. The van der Waals surface area contributed by atoms with Crippen LogP contribution >= 0.6 is 0 Å². The maximum Gasteiger partial charge on any atom is 0.142 e. The van der Waals surface area contributed by atoms with Crippen molar-refractivity contribution in [3.05, 3.63) is 43.4 Å². The van der Waals surface area contributed by atoms with Crippen LogP contribution in [0.4, 0.5) is 0 Å². The minimum absolute atomic E-state index is 0. The molecule has 0 aromatic rings. The van der Waals surface area contributed by atoms with Crippen LogP contribution in [0.3, 0.4) is 0 Å². The number of aldehydes is 1. The standard InChI is InChI=1S/C9H14O.C7H13O.C6H12O.C4H6O.4H2/c1-3-4-5-6-7-8-9(2)10;1-3-4-5-6-7(2)8;1-3-4-5-6(2)7;1-2-3-4-5;;;;/h3-6H,7-8H2,1-2H3;1,3-6H2,2H3;3-5H2,1-2H3;2-4H,1H3;4*1H/q;-1;;;;;;/b4-3+,6-5-;;;3-2+;;;;/i;;;;2*1+1D;2*1+1. The van der Waals surface area contributed by atoms with Gasteiger partial charge in [-0.1, -0.05) is 50.1 Å². The highest BCUT2D eigenvalue weighted by atomic mass is 16.1. The van der Waals surface area contributed by atoms with Crippen molar-refractivity contribution in [1.82, 2.24) is 0 Å². The Morgan fingerprint density at radius 3 is 1.60 bits per heavy atom. The molecule has 0 saturated heterocycles. The van der Waals surface area contributed by atoms with E-state index in [0.29, 0.717) is 18.0 Å². The number of unbranched alkanes of at least 4 members (excludes halogenated alkanes) is 3. The van der Waals surface area contributed by atoms with E-state index in [1.807, 2.05) is 31.2 Å². The van der Waals surface area contributed by atoms with E-state index >= 15 is 0 Å². The smallest absolute Gasteiger partial charge is 0.142 e. The Kier molecular flexibility index (Phi) is 34.5. The fraction of sp³-hybridized carbons (Fsp3) is 0.577. The van der Waals surface area contributed by atoms with Crippen molar-refractivity contribution >= 4 is 23.6 Å². The van der Waals surface area contributed by atoms with Crippen LogP contribution in [0.1, 0.15) is 108 Å². The fourth-order valence-electron chi connectivity index (χ4n) is 1.63. The second-order valence-electron chi connectivity index (χ2n) is 6.67. The summed E-state index contributed by atoms with van der Waals surface area (Å²) in [5.74, 6) is 0.852. The summed E-state index contributed by atoms with van der Waals surface area (Å²) in [7, 11) is 0. The lowest BCUT2D eigenvalue weighted by Crippen LogP contribution is -1.87. The Bertz CT molecular complexity index is 509. The van der Waals surface area contributed by atoms with E-state index in [4.69, 9.17) is 5.94 Å². The topological polar surface area (TPSA) is 68.3 Å². The first-order valence-corrected chi connectivity index (χ1v) is 10.8. The third-order valence-electron chi connectivity index (χ3n) is 3.28. The highest BCUT2D eigenvalue weighted by molar-refractivity contribution is 5.76. The highest BCUT2D eigenvalue weighted by Gasteiger charge is 1.89. The molecule has 0 aliphatic rings. The van der Waals surface area contributed by atoms with E-state index in [-0.39, 0.29) is 8.64 Å². The molecule has 4 heteroatoms. The predicted molar refractivity (Wildman–Crippen MR) is 138 cm³/mol. The molecule has 0 spiro atoms. The molecular weight excluding hydrogens is 376 g/mol. The molecule has 0 aliphatic heterocycles. The molecule has 0 heterocycles. The SMILES string of the molecule is C/C=C/C=C\CCC(C)=O.C/C=C/C=O.CCCCC(C)=O.[2HH].[2HH].[2H][2H].[2H][2H].[CH2-]CCCCC(C)=O. The van der Waals surface area contributed by atoms with E-state index in [0.717, 1.165) is 57.7 Å². The second-order valence-corrected chi connectivity index (χ2v) is 6.67. The van der Waals surface area contributed by atoms with Crippen LogP contribution in [0.2, 0.25) is 0 Å². The third-order valence-corrected chi connectivity index (χ3v) is 3.28. The Hall–Kier alpha value is -2.10. The monoisotopic (exact) mass is 435 g/mol. The van der Waals surface area contributed by atoms with Crippen LogP contribution in [-0.2, 0) is 19.2 Å². The molecule has 0 radical (unpaired) electrons. The summed E-state index contributed by atoms with van der Waals surface area (Å²) in [5.41, 5.74) is 0. The second kappa shape index (κ2) is 34.4. The zero-order valence-electron chi connectivity index (χ0n) is 24.2. The first-order chi connectivity index (χ1) is 16.2. The first-order valence-electron chi connectivity index (χ1n) is 12.8. The summed E-state index contributed by atoms with van der Waals surface area (Å²) in [4.78, 5) is 40.2. The summed E-state index contributed by atoms with van der Waals surface area (Å²) >= 11 is 0. The number of Topliss-reactive ketones (excluding diaryl/α,β-unsaturated/α-hetero) is 3. The van der Waals surface area contributed by atoms with E-state index in [1.165, 1.54) is 6.08 Å². The quantitative estimate of drug-likeness (QED) is 0.102. The predicted octanol–water partition coefficient (Wildman–Crippen LogP) is 7.97. The van der Waals surface area contributed by atoms with Crippen molar-refractivity contribution < 1.29 is 28.0 Å². The van der Waals surface area contributed by atoms with Crippen molar-refractivity contribution in [2.45, 2.75) is 99.3 Å². The molecule has 0 unspecified atom stereocenters. The Morgan fingerprint density at radius 1 is 0.800 bits per heavy atom. The molecule has 0 rings (SSSR count). The van der Waals surface area contributed by atoms with Crippen LogP contribution in [0.15, 0.2) is 36.5 Å². The van der Waals surface area contributed by atoms with Gasteiger partial charge in [-0.25, -0.2) is 0 Å². The highest BCUT2D eigenvalue weighted by Crippen LogP contribution is 1.97. The maximum atomic E-state index is 10.4. The van der Waals surface area contributed by atoms with E-state index < -0.39 is 0 Å². The molecular formula is C26H53O4-. The van der Waals surface area contributed by atoms with Gasteiger partial charge in [0.15, 0.2) is 0 Å². The molecule has 0 N–H and O–H groups in total. The number of carbonyl (C=O) groups excluding carboxylic acids is 4. The molecule has 0 fully saturated rings. The summed E-state index contributed by atoms with van der Waals surface area (Å²) in [6, 6.07) is 0. The zero-order valence-corrected chi connectivity index (χ0v) is 20.2. The van der Waals surface area contributed by atoms with Crippen molar-refractivity contribution in [3.8, 4) is 0 Å². The van der Waals surface area contributed by atoms with E-state index in [1.54, 1.807) is 33.8 Å². The molecule has 0 aliphatic carbocycles. The maximum absolute atomic E-state index is 10.4. The Morgan fingerprint density at radius 2 is 1.30 bits per heavy atom. The zero-order chi connectivity index (χ0) is 28.0. The van der Waals surface area contributed by atoms with Gasteiger partial charge in [-0.3, -0.25) is 4.79 Å². The third kappa shape index (κ3) is 63.5. The average Bonchev–Trinajstić information content (AvgIpc) is 2.82. The summed E-state index contributed by atoms with van der Waals surface area (Å²) < 4.78 is 20.0. The van der Waals surface area contributed by atoms with Crippen LogP contribution < -0.4 is 0 Å². The van der Waals surface area contributed by atoms with Crippen LogP contribution in [0.25, 0.3) is 0 Å². The Balaban J connectivity index is -0.0000000462. The molecule has 0 atom stereocenters. The number of allylic oxidation sites excluding steroid dienone is 6. The lowest BCUT2D eigenvalue weighted by atomic mass is 10.2. The van der Waals surface area contributed by atoms with Gasteiger partial charge < -0.3 is 21.3 Å². The van der Waals surface area contributed by atoms with Crippen molar-refractivity contribution in [1.29, 1.82) is 0 Å². The summed E-state index contributed by atoms with van der Waals surface area (Å²) in [6.07, 6.45) is 20.0. The number of hydrogen-bond donors (Lipinski definition) is 0. The largest absolute Gasteiger partial charge is 0.343 e. The summed E-state index contributed by atoms with van der Waals surface area (Å²) in [5, 5.41) is 0. The molecule has 0 aromatic carbocycles. The van der Waals surface area contributed by atoms with E-state index in [9.17, 15) is 19.2 Å². The molecule has 0 saturated carbocycles. The number of hydrogen-bond acceptors (Lipinski definition) is 4. The van der Waals surface area contributed by atoms with Crippen LogP contribution in [0.5, 0.6) is 0 Å². The first kappa shape index (κ1) is 30.1. The molecule has 4 nitrogen and oxygen atoms in total. The minimum atomic E-state index is 0. The number of rotatable bonds is 12. The molecule has 182 valence electrons. The minimum Gasteiger partial charge on any atom is -0.343 e. The fourth-order valence-corrected chi connectivity index (χ4v) is 1.63. The van der Waals surface area contributed by atoms with E-state index in [2.05, 4.69) is 13.8 Å². The number of ketones is 3. The van der Waals surface area contributed by atoms with Gasteiger partial charge in [0.25, 0.3) is 0 Å². The van der Waals surface area contributed by atoms with Crippen LogP contribution in [0, 0.1) is 6.92 Å². The van der Waals surface area contributed by atoms with Gasteiger partial charge in [0.05, 0.1) is 0 Å². The van der Waals surface area contributed by atoms with Gasteiger partial charge in [0.2, 0.25) is 0 Å². The van der Waals surface area contributed by atoms with Gasteiger partial charge in [0.1, 0.15) is 23.6 Å². The Labute approximate surface area is 195 Å². The normalized spacial score (nSPS) is 10.4. The lowest BCUT2D eigenvalue weighted by Gasteiger charge is -1.94. The van der Waals surface area contributed by atoms with Gasteiger partial charge in [-0.05, 0) is 60.0 Å². The molecule has 0 amide bonds. The van der Waals surface area contributed by atoms with Gasteiger partial charge >= 0.3 is 0 Å². The van der Waals surface area contributed by atoms with Gasteiger partial charge in [-0.2, -0.15) is 6.42 Å². The van der Waals surface area contributed by atoms with Crippen LogP contribution in [-0.4, -0.2) is 23.6 Å². The molecule has 0 bridgehead atoms. The van der Waals surface area contributed by atoms with Crippen molar-refractivity contribution in [2.75, 3.05) is 0 Å². The van der Waals surface area contributed by atoms with Crippen molar-refractivity contribution in [3.63, 3.8) is 0 Å². The van der Waals surface area contributed by atoms with Gasteiger partial charge in [-0.15, -0.1) is 0 Å².